The van der Waals surface area contributed by atoms with Gasteiger partial charge in [0.15, 0.2) is 0 Å². The number of carbonyl (C=O) groups is 2. The highest BCUT2D eigenvalue weighted by atomic mass is 16.6. The summed E-state index contributed by atoms with van der Waals surface area (Å²) in [7, 11) is 0. The third kappa shape index (κ3) is 5.50. The third-order valence-electron chi connectivity index (χ3n) is 5.55. The Morgan fingerprint density at radius 1 is 0.828 bits per heavy atom. The molecule has 29 heavy (non-hydrogen) atoms. The molecule has 152 valence electrons. The second-order valence-corrected chi connectivity index (χ2v) is 7.84. The van der Waals surface area contributed by atoms with Crippen molar-refractivity contribution in [3.05, 3.63) is 71.8 Å². The molecular formula is C23H26N2O4. The van der Waals surface area contributed by atoms with Crippen LogP contribution in [0.1, 0.15) is 24.0 Å². The Balaban J connectivity index is 1.28. The summed E-state index contributed by atoms with van der Waals surface area (Å²) in [6.45, 7) is 1.62. The maximum Gasteiger partial charge on any atom is 0.410 e. The first-order valence-corrected chi connectivity index (χ1v) is 10.1. The molecule has 2 fully saturated rings. The van der Waals surface area contributed by atoms with Crippen molar-refractivity contribution in [2.75, 3.05) is 13.1 Å². The smallest absolute Gasteiger partial charge is 0.410 e. The molecule has 1 N–H and O–H groups in total. The summed E-state index contributed by atoms with van der Waals surface area (Å²) in [4.78, 5) is 26.6. The minimum absolute atomic E-state index is 0.125. The second-order valence-electron chi connectivity index (χ2n) is 7.84. The van der Waals surface area contributed by atoms with E-state index in [0.29, 0.717) is 24.9 Å². The Morgan fingerprint density at radius 2 is 1.45 bits per heavy atom. The van der Waals surface area contributed by atoms with Crippen molar-refractivity contribution >= 4 is 12.2 Å². The van der Waals surface area contributed by atoms with Gasteiger partial charge in [-0.15, -0.1) is 0 Å². The standard InChI is InChI=1S/C23H26N2O4/c26-22(28-15-17-7-3-1-4-8-17)24-21-12-19-11-20(19)13-25(14-21)23(27)29-16-18-9-5-2-6-10-18/h1-10,19-21H,11-16H2,(H,24,26). The SMILES string of the molecule is O=C(NC1CC2CC2CN(C(=O)OCc2ccccc2)C1)OCc1ccccc1. The summed E-state index contributed by atoms with van der Waals surface area (Å²) in [6, 6.07) is 19.1. The summed E-state index contributed by atoms with van der Waals surface area (Å²) in [5.41, 5.74) is 1.90. The predicted molar refractivity (Wildman–Crippen MR) is 108 cm³/mol. The van der Waals surface area contributed by atoms with Crippen LogP contribution < -0.4 is 5.32 Å². The molecule has 3 unspecified atom stereocenters. The van der Waals surface area contributed by atoms with E-state index in [1.54, 1.807) is 4.90 Å². The van der Waals surface area contributed by atoms with Crippen molar-refractivity contribution in [1.82, 2.24) is 10.2 Å². The average molecular weight is 394 g/mol. The molecule has 2 amide bonds. The maximum atomic E-state index is 12.6. The summed E-state index contributed by atoms with van der Waals surface area (Å²) in [5, 5.41) is 2.93. The zero-order chi connectivity index (χ0) is 20.1. The van der Waals surface area contributed by atoms with E-state index in [4.69, 9.17) is 9.47 Å². The van der Waals surface area contributed by atoms with Gasteiger partial charge in [-0.1, -0.05) is 60.7 Å². The van der Waals surface area contributed by atoms with Gasteiger partial charge in [-0.3, -0.25) is 0 Å². The molecule has 0 radical (unpaired) electrons. The van der Waals surface area contributed by atoms with E-state index in [0.717, 1.165) is 24.0 Å². The topological polar surface area (TPSA) is 67.9 Å². The molecule has 2 aromatic rings. The molecule has 0 aromatic heterocycles. The Hall–Kier alpha value is -3.02. The Bertz CT molecular complexity index is 827. The first-order chi connectivity index (χ1) is 14.2. The lowest BCUT2D eigenvalue weighted by Crippen LogP contribution is -2.45. The summed E-state index contributed by atoms with van der Waals surface area (Å²) in [5.74, 6) is 1.06. The van der Waals surface area contributed by atoms with Gasteiger partial charge in [0.1, 0.15) is 13.2 Å². The fourth-order valence-corrected chi connectivity index (χ4v) is 3.88. The molecule has 6 heteroatoms. The fraction of sp³-hybridized carbons (Fsp3) is 0.391. The van der Waals surface area contributed by atoms with E-state index in [2.05, 4.69) is 5.32 Å². The van der Waals surface area contributed by atoms with Crippen LogP contribution in [0.2, 0.25) is 0 Å². The van der Waals surface area contributed by atoms with Crippen LogP contribution in [0.15, 0.2) is 60.7 Å². The maximum absolute atomic E-state index is 12.6. The van der Waals surface area contributed by atoms with Crippen LogP contribution in [0.5, 0.6) is 0 Å². The Morgan fingerprint density at radius 3 is 2.10 bits per heavy atom. The molecule has 1 heterocycles. The first kappa shape index (κ1) is 19.3. The largest absolute Gasteiger partial charge is 0.445 e. The van der Waals surface area contributed by atoms with Gasteiger partial charge < -0.3 is 19.7 Å². The zero-order valence-corrected chi connectivity index (χ0v) is 16.3. The van der Waals surface area contributed by atoms with Crippen molar-refractivity contribution in [3.63, 3.8) is 0 Å². The number of rotatable bonds is 5. The second kappa shape index (κ2) is 8.99. The van der Waals surface area contributed by atoms with Gasteiger partial charge in [0, 0.05) is 13.1 Å². The molecule has 0 bridgehead atoms. The lowest BCUT2D eigenvalue weighted by Gasteiger charge is -2.25. The van der Waals surface area contributed by atoms with Crippen molar-refractivity contribution in [3.8, 4) is 0 Å². The van der Waals surface area contributed by atoms with Gasteiger partial charge in [0.05, 0.1) is 6.04 Å². The van der Waals surface area contributed by atoms with Crippen LogP contribution in [-0.2, 0) is 22.7 Å². The number of carbonyl (C=O) groups excluding carboxylic acids is 2. The van der Waals surface area contributed by atoms with Crippen LogP contribution in [0.25, 0.3) is 0 Å². The fourth-order valence-electron chi connectivity index (χ4n) is 3.88. The average Bonchev–Trinajstić information content (AvgIpc) is 3.50. The molecule has 1 aliphatic carbocycles. The normalized spacial score (nSPS) is 22.8. The minimum Gasteiger partial charge on any atom is -0.445 e. The highest BCUT2D eigenvalue weighted by molar-refractivity contribution is 5.69. The molecule has 2 aliphatic rings. The van der Waals surface area contributed by atoms with E-state index in [9.17, 15) is 9.59 Å². The molecule has 2 aromatic carbocycles. The molecule has 4 rings (SSSR count). The highest BCUT2D eigenvalue weighted by Crippen LogP contribution is 2.44. The number of alkyl carbamates (subject to hydrolysis) is 1. The van der Waals surface area contributed by atoms with Crippen LogP contribution in [0.3, 0.4) is 0 Å². The number of hydrogen-bond acceptors (Lipinski definition) is 4. The Labute approximate surface area is 170 Å². The van der Waals surface area contributed by atoms with Crippen molar-refractivity contribution < 1.29 is 19.1 Å². The van der Waals surface area contributed by atoms with Crippen LogP contribution in [0.4, 0.5) is 9.59 Å². The molecule has 1 saturated heterocycles. The summed E-state index contributed by atoms with van der Waals surface area (Å²) < 4.78 is 10.8. The number of ether oxygens (including phenoxy) is 2. The summed E-state index contributed by atoms with van der Waals surface area (Å²) in [6.07, 6.45) is 1.19. The third-order valence-corrected chi connectivity index (χ3v) is 5.55. The van der Waals surface area contributed by atoms with Gasteiger partial charge in [0.25, 0.3) is 0 Å². The van der Waals surface area contributed by atoms with Gasteiger partial charge in [-0.05, 0) is 35.8 Å². The quantitative estimate of drug-likeness (QED) is 0.834. The van der Waals surface area contributed by atoms with Crippen molar-refractivity contribution in [2.45, 2.75) is 32.1 Å². The first-order valence-electron chi connectivity index (χ1n) is 10.1. The molecule has 0 spiro atoms. The van der Waals surface area contributed by atoms with Crippen molar-refractivity contribution in [2.24, 2.45) is 11.8 Å². The number of nitrogens with zero attached hydrogens (tertiary/aromatic N) is 1. The van der Waals surface area contributed by atoms with E-state index < -0.39 is 6.09 Å². The molecule has 3 atom stereocenters. The van der Waals surface area contributed by atoms with E-state index in [-0.39, 0.29) is 25.3 Å². The molecule has 1 aliphatic heterocycles. The number of fused-ring (bicyclic) bond motifs is 1. The monoisotopic (exact) mass is 394 g/mol. The van der Waals surface area contributed by atoms with Gasteiger partial charge in [0.2, 0.25) is 0 Å². The lowest BCUT2D eigenvalue weighted by molar-refractivity contribution is 0.0905. The molecule has 1 saturated carbocycles. The van der Waals surface area contributed by atoms with Gasteiger partial charge in [-0.2, -0.15) is 0 Å². The number of hydrogen-bond donors (Lipinski definition) is 1. The van der Waals surface area contributed by atoms with E-state index in [1.807, 2.05) is 60.7 Å². The number of likely N-dealkylation sites (tertiary alicyclic amines) is 1. The van der Waals surface area contributed by atoms with Gasteiger partial charge in [-0.25, -0.2) is 9.59 Å². The minimum atomic E-state index is -0.449. The van der Waals surface area contributed by atoms with Crippen LogP contribution >= 0.6 is 0 Å². The molecule has 6 nitrogen and oxygen atoms in total. The van der Waals surface area contributed by atoms with Crippen molar-refractivity contribution in [1.29, 1.82) is 0 Å². The predicted octanol–water partition coefficient (Wildman–Crippen LogP) is 3.96. The van der Waals surface area contributed by atoms with Crippen LogP contribution in [0, 0.1) is 11.8 Å². The Kier molecular flexibility index (Phi) is 5.98. The number of amides is 2. The van der Waals surface area contributed by atoms with Crippen LogP contribution in [-0.4, -0.2) is 36.2 Å². The van der Waals surface area contributed by atoms with E-state index in [1.165, 1.54) is 0 Å². The highest BCUT2D eigenvalue weighted by Gasteiger charge is 2.44. The van der Waals surface area contributed by atoms with E-state index >= 15 is 0 Å². The number of benzene rings is 2. The summed E-state index contributed by atoms with van der Waals surface area (Å²) >= 11 is 0. The zero-order valence-electron chi connectivity index (χ0n) is 16.3. The number of nitrogens with one attached hydrogen (secondary N) is 1. The lowest BCUT2D eigenvalue weighted by atomic mass is 10.1. The molecular weight excluding hydrogens is 368 g/mol. The van der Waals surface area contributed by atoms with Gasteiger partial charge >= 0.3 is 12.2 Å².